The molecule has 0 aliphatic carbocycles. The smallest absolute Gasteiger partial charge is 0.315 e. The third-order valence-electron chi connectivity index (χ3n) is 6.86. The standard InChI is InChI=1S/C33H34N4O5/c1-22(27-13-7-11-25-10-5-6-12-28(25)27)36-33(42)34-19-18-30(38)35-21-31(39)37-29(20-32(40)41)26-16-14-24(15-17-26)23-8-3-2-4-9-23/h2-17,22,29H,18-21H2,1H3,(H,35,38)(H,37,39)(H,40,41)(H2,34,36,42)/t22-,29?/m1/s1. The molecule has 0 radical (unpaired) electrons. The maximum absolute atomic E-state index is 12.5. The molecular formula is C33H34N4O5. The summed E-state index contributed by atoms with van der Waals surface area (Å²) in [6, 6.07) is 29.5. The fourth-order valence-electron chi connectivity index (χ4n) is 4.72. The fourth-order valence-corrected chi connectivity index (χ4v) is 4.72. The van der Waals surface area contributed by atoms with Gasteiger partial charge in [-0.25, -0.2) is 4.79 Å². The minimum Gasteiger partial charge on any atom is -0.481 e. The summed E-state index contributed by atoms with van der Waals surface area (Å²) in [5, 5.41) is 22.2. The SMILES string of the molecule is C[C@@H](NC(=O)NCCC(=O)NCC(=O)NC(CC(=O)O)c1ccc(-c2ccccc2)cc1)c1cccc2ccccc12. The summed E-state index contributed by atoms with van der Waals surface area (Å²) in [5.41, 5.74) is 3.62. The summed E-state index contributed by atoms with van der Waals surface area (Å²) in [5.74, 6) is -2.00. The molecule has 0 aromatic heterocycles. The third kappa shape index (κ3) is 8.41. The van der Waals surface area contributed by atoms with E-state index in [-0.39, 0.29) is 32.0 Å². The van der Waals surface area contributed by atoms with E-state index in [1.165, 1.54) is 0 Å². The topological polar surface area (TPSA) is 137 Å². The molecule has 0 aliphatic heterocycles. The van der Waals surface area contributed by atoms with Crippen LogP contribution in [0.25, 0.3) is 21.9 Å². The lowest BCUT2D eigenvalue weighted by Gasteiger charge is -2.18. The highest BCUT2D eigenvalue weighted by Gasteiger charge is 2.19. The van der Waals surface area contributed by atoms with E-state index in [4.69, 9.17) is 0 Å². The highest BCUT2D eigenvalue weighted by atomic mass is 16.4. The number of urea groups is 1. The van der Waals surface area contributed by atoms with Crippen molar-refractivity contribution in [1.29, 1.82) is 0 Å². The van der Waals surface area contributed by atoms with Crippen LogP contribution in [0.4, 0.5) is 4.79 Å². The van der Waals surface area contributed by atoms with Crippen LogP contribution < -0.4 is 21.3 Å². The Balaban J connectivity index is 1.21. The maximum Gasteiger partial charge on any atom is 0.315 e. The zero-order chi connectivity index (χ0) is 29.9. The van der Waals surface area contributed by atoms with Crippen LogP contribution in [0.15, 0.2) is 97.1 Å². The van der Waals surface area contributed by atoms with E-state index < -0.39 is 29.9 Å². The van der Waals surface area contributed by atoms with Crippen LogP contribution in [0.3, 0.4) is 0 Å². The summed E-state index contributed by atoms with van der Waals surface area (Å²) in [4.78, 5) is 48.6. The van der Waals surface area contributed by atoms with Crippen molar-refractivity contribution in [3.05, 3.63) is 108 Å². The predicted molar refractivity (Wildman–Crippen MR) is 162 cm³/mol. The van der Waals surface area contributed by atoms with E-state index in [0.717, 1.165) is 27.5 Å². The molecule has 4 rings (SSSR count). The van der Waals surface area contributed by atoms with Crippen molar-refractivity contribution in [2.45, 2.75) is 31.8 Å². The van der Waals surface area contributed by atoms with Gasteiger partial charge in [0.2, 0.25) is 11.8 Å². The molecule has 42 heavy (non-hydrogen) atoms. The van der Waals surface area contributed by atoms with E-state index in [1.807, 2.05) is 91.9 Å². The second-order valence-electron chi connectivity index (χ2n) is 9.92. The van der Waals surface area contributed by atoms with E-state index >= 15 is 0 Å². The second kappa shape index (κ2) is 14.5. The van der Waals surface area contributed by atoms with E-state index in [1.54, 1.807) is 12.1 Å². The van der Waals surface area contributed by atoms with Crippen LogP contribution in [0.2, 0.25) is 0 Å². The van der Waals surface area contributed by atoms with Gasteiger partial charge in [-0.15, -0.1) is 0 Å². The Kier molecular flexibility index (Phi) is 10.3. The van der Waals surface area contributed by atoms with Gasteiger partial charge in [-0.2, -0.15) is 0 Å². The fraction of sp³-hybridized carbons (Fsp3) is 0.212. The molecule has 1 unspecified atom stereocenters. The van der Waals surface area contributed by atoms with Gasteiger partial charge in [0.25, 0.3) is 0 Å². The molecule has 4 aromatic rings. The highest BCUT2D eigenvalue weighted by molar-refractivity contribution is 5.87. The first-order valence-corrected chi connectivity index (χ1v) is 13.8. The van der Waals surface area contributed by atoms with Gasteiger partial charge in [0.1, 0.15) is 0 Å². The number of carboxylic acid groups (broad SMARTS) is 1. The minimum atomic E-state index is -1.06. The van der Waals surface area contributed by atoms with Crippen molar-refractivity contribution in [3.63, 3.8) is 0 Å². The Morgan fingerprint density at radius 3 is 2.12 bits per heavy atom. The molecule has 216 valence electrons. The number of hydrogen-bond donors (Lipinski definition) is 5. The van der Waals surface area contributed by atoms with Crippen molar-refractivity contribution in [2.24, 2.45) is 0 Å². The largest absolute Gasteiger partial charge is 0.481 e. The maximum atomic E-state index is 12.5. The van der Waals surface area contributed by atoms with Gasteiger partial charge in [0.15, 0.2) is 0 Å². The number of hydrogen-bond acceptors (Lipinski definition) is 4. The molecule has 2 atom stereocenters. The summed E-state index contributed by atoms with van der Waals surface area (Å²) in [6.45, 7) is 1.65. The van der Waals surface area contributed by atoms with E-state index in [0.29, 0.717) is 5.56 Å². The molecule has 9 heteroatoms. The number of amides is 4. The van der Waals surface area contributed by atoms with Gasteiger partial charge < -0.3 is 26.4 Å². The van der Waals surface area contributed by atoms with Crippen molar-refractivity contribution < 1.29 is 24.3 Å². The van der Waals surface area contributed by atoms with Crippen LogP contribution in [-0.4, -0.2) is 42.0 Å². The van der Waals surface area contributed by atoms with Crippen molar-refractivity contribution in [1.82, 2.24) is 21.3 Å². The number of nitrogens with one attached hydrogen (secondary N) is 4. The number of aliphatic carboxylic acids is 1. The summed E-state index contributed by atoms with van der Waals surface area (Å²) >= 11 is 0. The van der Waals surface area contributed by atoms with Gasteiger partial charge in [-0.05, 0) is 39.9 Å². The van der Waals surface area contributed by atoms with Crippen LogP contribution in [0.5, 0.6) is 0 Å². The zero-order valence-corrected chi connectivity index (χ0v) is 23.3. The Labute approximate surface area is 244 Å². The summed E-state index contributed by atoms with van der Waals surface area (Å²) in [6.07, 6.45) is -0.330. The number of fused-ring (bicyclic) bond motifs is 1. The molecule has 4 amide bonds. The van der Waals surface area contributed by atoms with E-state index in [9.17, 15) is 24.3 Å². The molecule has 0 bridgehead atoms. The summed E-state index contributed by atoms with van der Waals surface area (Å²) < 4.78 is 0. The van der Waals surface area contributed by atoms with Crippen LogP contribution in [-0.2, 0) is 14.4 Å². The lowest BCUT2D eigenvalue weighted by Crippen LogP contribution is -2.41. The molecule has 0 heterocycles. The van der Waals surface area contributed by atoms with Gasteiger partial charge in [-0.3, -0.25) is 14.4 Å². The first-order chi connectivity index (χ1) is 20.3. The third-order valence-corrected chi connectivity index (χ3v) is 6.86. The lowest BCUT2D eigenvalue weighted by molar-refractivity contribution is -0.138. The normalized spacial score (nSPS) is 12.1. The van der Waals surface area contributed by atoms with E-state index in [2.05, 4.69) is 21.3 Å². The first kappa shape index (κ1) is 29.8. The summed E-state index contributed by atoms with van der Waals surface area (Å²) in [7, 11) is 0. The van der Waals surface area contributed by atoms with Crippen molar-refractivity contribution in [2.75, 3.05) is 13.1 Å². The van der Waals surface area contributed by atoms with Gasteiger partial charge >= 0.3 is 12.0 Å². The Hall–Kier alpha value is -5.18. The lowest BCUT2D eigenvalue weighted by atomic mass is 9.99. The Morgan fingerprint density at radius 2 is 1.38 bits per heavy atom. The highest BCUT2D eigenvalue weighted by Crippen LogP contribution is 2.25. The quantitative estimate of drug-likeness (QED) is 0.169. The number of benzene rings is 4. The van der Waals surface area contributed by atoms with Crippen LogP contribution in [0.1, 0.15) is 43.0 Å². The number of carbonyl (C=O) groups excluding carboxylic acids is 3. The van der Waals surface area contributed by atoms with Crippen molar-refractivity contribution in [3.8, 4) is 11.1 Å². The second-order valence-corrected chi connectivity index (χ2v) is 9.92. The first-order valence-electron chi connectivity index (χ1n) is 13.8. The number of rotatable bonds is 12. The Bertz CT molecular complexity index is 1530. The predicted octanol–water partition coefficient (Wildman–Crippen LogP) is 4.71. The molecule has 5 N–H and O–H groups in total. The molecule has 0 fully saturated rings. The molecule has 0 saturated heterocycles. The number of carbonyl (C=O) groups is 4. The number of carboxylic acids is 1. The molecule has 0 spiro atoms. The van der Waals surface area contributed by atoms with Crippen molar-refractivity contribution >= 4 is 34.6 Å². The van der Waals surface area contributed by atoms with Gasteiger partial charge in [0.05, 0.1) is 25.0 Å². The monoisotopic (exact) mass is 566 g/mol. The van der Waals surface area contributed by atoms with Gasteiger partial charge in [-0.1, -0.05) is 97.1 Å². The average Bonchev–Trinajstić information content (AvgIpc) is 2.99. The molecule has 4 aromatic carbocycles. The van der Waals surface area contributed by atoms with Crippen LogP contribution >= 0.6 is 0 Å². The molecular weight excluding hydrogens is 532 g/mol. The average molecular weight is 567 g/mol. The molecule has 0 aliphatic rings. The molecule has 0 saturated carbocycles. The molecule has 9 nitrogen and oxygen atoms in total. The van der Waals surface area contributed by atoms with Crippen LogP contribution in [0, 0.1) is 0 Å². The minimum absolute atomic E-state index is 0.0249. The van der Waals surface area contributed by atoms with Gasteiger partial charge in [0, 0.05) is 13.0 Å². The zero-order valence-electron chi connectivity index (χ0n) is 23.3. The Morgan fingerprint density at radius 1 is 0.714 bits per heavy atom.